The molecule has 21 heavy (non-hydrogen) atoms. The van der Waals surface area contributed by atoms with Crippen molar-refractivity contribution in [3.63, 3.8) is 0 Å². The largest absolute Gasteiger partial charge is 0.493 e. The molecule has 1 aliphatic rings. The molecule has 0 saturated carbocycles. The number of benzene rings is 1. The first-order chi connectivity index (χ1) is 10.2. The summed E-state index contributed by atoms with van der Waals surface area (Å²) in [6.45, 7) is 4.88. The van der Waals surface area contributed by atoms with Crippen molar-refractivity contribution in [3.8, 4) is 11.5 Å². The van der Waals surface area contributed by atoms with E-state index in [0.29, 0.717) is 12.6 Å². The van der Waals surface area contributed by atoms with Crippen LogP contribution >= 0.6 is 0 Å². The van der Waals surface area contributed by atoms with Crippen LogP contribution in [-0.2, 0) is 0 Å². The van der Waals surface area contributed by atoms with Gasteiger partial charge in [0.05, 0.1) is 7.11 Å². The zero-order valence-corrected chi connectivity index (χ0v) is 13.0. The molecule has 1 saturated heterocycles. The molecule has 0 amide bonds. The summed E-state index contributed by atoms with van der Waals surface area (Å²) in [6.07, 6.45) is 0.834. The normalized spacial score (nSPS) is 20.4. The Morgan fingerprint density at radius 3 is 2.71 bits per heavy atom. The van der Waals surface area contributed by atoms with Gasteiger partial charge < -0.3 is 19.5 Å². The zero-order valence-electron chi connectivity index (χ0n) is 13.0. The average molecular weight is 294 g/mol. The van der Waals surface area contributed by atoms with Gasteiger partial charge in [0.1, 0.15) is 6.61 Å². The summed E-state index contributed by atoms with van der Waals surface area (Å²) in [6, 6.07) is 8.16. The van der Waals surface area contributed by atoms with Gasteiger partial charge in [-0.05, 0) is 25.6 Å². The van der Waals surface area contributed by atoms with Gasteiger partial charge >= 0.3 is 0 Å². The number of nitrogens with zero attached hydrogens (tertiary/aromatic N) is 2. The van der Waals surface area contributed by atoms with Crippen molar-refractivity contribution in [2.45, 2.75) is 12.5 Å². The van der Waals surface area contributed by atoms with Crippen LogP contribution in [0.3, 0.4) is 0 Å². The molecule has 1 aliphatic heterocycles. The number of likely N-dealkylation sites (N-methyl/N-ethyl adjacent to an activating group) is 1. The van der Waals surface area contributed by atoms with E-state index in [0.717, 1.165) is 44.1 Å². The Bertz CT molecular complexity index is 428. The fraction of sp³-hybridized carbons (Fsp3) is 0.625. The lowest BCUT2D eigenvalue weighted by Gasteiger charge is -2.39. The summed E-state index contributed by atoms with van der Waals surface area (Å²) in [4.78, 5) is 4.73. The van der Waals surface area contributed by atoms with Crippen LogP contribution in [0.2, 0.25) is 0 Å². The van der Waals surface area contributed by atoms with Gasteiger partial charge in [-0.1, -0.05) is 12.1 Å². The Morgan fingerprint density at radius 2 is 2.00 bits per heavy atom. The second kappa shape index (κ2) is 8.22. The molecule has 1 heterocycles. The van der Waals surface area contributed by atoms with E-state index < -0.39 is 0 Å². The number of methoxy groups -OCH3 is 1. The molecule has 118 valence electrons. The van der Waals surface area contributed by atoms with Gasteiger partial charge in [-0.3, -0.25) is 4.90 Å². The molecule has 0 radical (unpaired) electrons. The molecule has 5 nitrogen and oxygen atoms in total. The SMILES string of the molecule is COc1ccccc1OCCN1CCN(C)C(CCO)C1. The quantitative estimate of drug-likeness (QED) is 0.815. The fourth-order valence-corrected chi connectivity index (χ4v) is 2.70. The number of aliphatic hydroxyl groups is 1. The van der Waals surface area contributed by atoms with Crippen molar-refractivity contribution in [2.24, 2.45) is 0 Å². The monoisotopic (exact) mass is 294 g/mol. The van der Waals surface area contributed by atoms with Gasteiger partial charge in [-0.2, -0.15) is 0 Å². The van der Waals surface area contributed by atoms with Crippen molar-refractivity contribution >= 4 is 0 Å². The lowest BCUT2D eigenvalue weighted by atomic mass is 10.1. The summed E-state index contributed by atoms with van der Waals surface area (Å²) in [5.41, 5.74) is 0. The van der Waals surface area contributed by atoms with E-state index >= 15 is 0 Å². The van der Waals surface area contributed by atoms with E-state index in [-0.39, 0.29) is 6.61 Å². The molecule has 0 aromatic heterocycles. The predicted molar refractivity (Wildman–Crippen MR) is 83.0 cm³/mol. The van der Waals surface area contributed by atoms with Crippen molar-refractivity contribution in [2.75, 3.05) is 53.6 Å². The van der Waals surface area contributed by atoms with E-state index in [1.807, 2.05) is 24.3 Å². The van der Waals surface area contributed by atoms with Gasteiger partial charge in [0.25, 0.3) is 0 Å². The van der Waals surface area contributed by atoms with Crippen LogP contribution in [0.4, 0.5) is 0 Å². The molecular weight excluding hydrogens is 268 g/mol. The Hall–Kier alpha value is -1.30. The van der Waals surface area contributed by atoms with Crippen molar-refractivity contribution < 1.29 is 14.6 Å². The molecular formula is C16H26N2O3. The van der Waals surface area contributed by atoms with Gasteiger partial charge in [-0.15, -0.1) is 0 Å². The van der Waals surface area contributed by atoms with Crippen LogP contribution in [0, 0.1) is 0 Å². The highest BCUT2D eigenvalue weighted by molar-refractivity contribution is 5.39. The predicted octanol–water partition coefficient (Wildman–Crippen LogP) is 1.07. The Balaban J connectivity index is 1.78. The molecule has 1 unspecified atom stereocenters. The molecule has 1 fully saturated rings. The van der Waals surface area contributed by atoms with Crippen LogP contribution in [0.1, 0.15) is 6.42 Å². The van der Waals surface area contributed by atoms with Gasteiger partial charge in [0.2, 0.25) is 0 Å². The number of hydrogen-bond donors (Lipinski definition) is 1. The maximum atomic E-state index is 9.12. The standard InChI is InChI=1S/C16H26N2O3/c1-17-8-9-18(13-14(17)7-11-19)10-12-21-16-6-4-3-5-15(16)20-2/h3-6,14,19H,7-13H2,1-2H3. The molecule has 0 aliphatic carbocycles. The van der Waals surface area contributed by atoms with E-state index in [9.17, 15) is 0 Å². The molecule has 0 spiro atoms. The molecule has 1 aromatic rings. The van der Waals surface area contributed by atoms with Crippen LogP contribution < -0.4 is 9.47 Å². The maximum absolute atomic E-state index is 9.12. The summed E-state index contributed by atoms with van der Waals surface area (Å²) in [5, 5.41) is 9.12. The summed E-state index contributed by atoms with van der Waals surface area (Å²) < 4.78 is 11.1. The Labute approximate surface area is 127 Å². The lowest BCUT2D eigenvalue weighted by Crippen LogP contribution is -2.52. The Morgan fingerprint density at radius 1 is 1.24 bits per heavy atom. The highest BCUT2D eigenvalue weighted by Gasteiger charge is 2.23. The number of hydrogen-bond acceptors (Lipinski definition) is 5. The third-order valence-corrected chi connectivity index (χ3v) is 4.06. The lowest BCUT2D eigenvalue weighted by molar-refractivity contribution is 0.0697. The van der Waals surface area contributed by atoms with Crippen molar-refractivity contribution in [1.29, 1.82) is 0 Å². The second-order valence-corrected chi connectivity index (χ2v) is 5.45. The minimum absolute atomic E-state index is 0.251. The van der Waals surface area contributed by atoms with Crippen LogP contribution in [0.5, 0.6) is 11.5 Å². The summed E-state index contributed by atoms with van der Waals surface area (Å²) >= 11 is 0. The first kappa shape index (κ1) is 16.1. The fourth-order valence-electron chi connectivity index (χ4n) is 2.70. The van der Waals surface area contributed by atoms with Crippen LogP contribution in [0.15, 0.2) is 24.3 Å². The third-order valence-electron chi connectivity index (χ3n) is 4.06. The molecule has 0 bridgehead atoms. The highest BCUT2D eigenvalue weighted by Crippen LogP contribution is 2.25. The number of piperazine rings is 1. The second-order valence-electron chi connectivity index (χ2n) is 5.45. The van der Waals surface area contributed by atoms with E-state index in [4.69, 9.17) is 14.6 Å². The average Bonchev–Trinajstić information content (AvgIpc) is 2.51. The van der Waals surface area contributed by atoms with Gasteiger partial charge in [0, 0.05) is 38.8 Å². The first-order valence-electron chi connectivity index (χ1n) is 7.54. The van der Waals surface area contributed by atoms with Crippen molar-refractivity contribution in [1.82, 2.24) is 9.80 Å². The summed E-state index contributed by atoms with van der Waals surface area (Å²) in [5.74, 6) is 1.56. The van der Waals surface area contributed by atoms with Crippen LogP contribution in [0.25, 0.3) is 0 Å². The molecule has 1 atom stereocenters. The number of para-hydroxylation sites is 2. The molecule has 2 rings (SSSR count). The maximum Gasteiger partial charge on any atom is 0.161 e. The number of aliphatic hydroxyl groups excluding tert-OH is 1. The zero-order chi connectivity index (χ0) is 15.1. The topological polar surface area (TPSA) is 45.2 Å². The van der Waals surface area contributed by atoms with Crippen LogP contribution in [-0.4, -0.2) is 74.5 Å². The minimum Gasteiger partial charge on any atom is -0.493 e. The smallest absolute Gasteiger partial charge is 0.161 e. The number of ether oxygens (including phenoxy) is 2. The van der Waals surface area contributed by atoms with E-state index in [1.54, 1.807) is 7.11 Å². The van der Waals surface area contributed by atoms with E-state index in [1.165, 1.54) is 0 Å². The molecule has 5 heteroatoms. The van der Waals surface area contributed by atoms with Crippen molar-refractivity contribution in [3.05, 3.63) is 24.3 Å². The van der Waals surface area contributed by atoms with E-state index in [2.05, 4.69) is 16.8 Å². The third kappa shape index (κ3) is 4.59. The number of rotatable bonds is 7. The Kier molecular flexibility index (Phi) is 6.29. The molecule has 1 N–H and O–H groups in total. The summed E-state index contributed by atoms with van der Waals surface area (Å²) in [7, 11) is 3.78. The highest BCUT2D eigenvalue weighted by atomic mass is 16.5. The van der Waals surface area contributed by atoms with Gasteiger partial charge in [-0.25, -0.2) is 0 Å². The molecule has 1 aromatic carbocycles. The van der Waals surface area contributed by atoms with Gasteiger partial charge in [0.15, 0.2) is 11.5 Å². The minimum atomic E-state index is 0.251. The first-order valence-corrected chi connectivity index (χ1v) is 7.54.